The topological polar surface area (TPSA) is 88.1 Å². The average Bonchev–Trinajstić information content (AvgIpc) is 3.19. The third-order valence-corrected chi connectivity index (χ3v) is 6.06. The fourth-order valence-electron chi connectivity index (χ4n) is 4.51. The molecule has 2 N–H and O–H groups in total. The van der Waals surface area contributed by atoms with Crippen LogP contribution in [0, 0.1) is 11.3 Å². The second-order valence-electron chi connectivity index (χ2n) is 7.50. The van der Waals surface area contributed by atoms with Crippen LogP contribution in [0.1, 0.15) is 26.2 Å². The number of fused-ring (bicyclic) bond motifs is 2. The van der Waals surface area contributed by atoms with E-state index in [0.717, 1.165) is 12.8 Å². The van der Waals surface area contributed by atoms with Crippen LogP contribution >= 0.6 is 0 Å². The summed E-state index contributed by atoms with van der Waals surface area (Å²) in [7, 11) is 0. The van der Waals surface area contributed by atoms with Gasteiger partial charge in [-0.2, -0.15) is 0 Å². The van der Waals surface area contributed by atoms with E-state index < -0.39 is 11.4 Å². The summed E-state index contributed by atoms with van der Waals surface area (Å²) in [6.07, 6.45) is 2.60. The van der Waals surface area contributed by atoms with E-state index in [1.807, 2.05) is 11.8 Å². The van der Waals surface area contributed by atoms with Crippen LogP contribution in [0.3, 0.4) is 0 Å². The third kappa shape index (κ3) is 2.80. The van der Waals surface area contributed by atoms with Crippen molar-refractivity contribution in [3.63, 3.8) is 0 Å². The molecule has 0 bridgehead atoms. The Labute approximate surface area is 152 Å². The highest BCUT2D eigenvalue weighted by atomic mass is 16.6. The number of anilines is 1. The SMILES string of the molecule is CC(C(=O)Nc1ccc2c(c1)OCCO2)N1C[C@@H]2CCC[C@@]2(C(=O)O)C1. The Morgan fingerprint density at radius 2 is 2.08 bits per heavy atom. The summed E-state index contributed by atoms with van der Waals surface area (Å²) >= 11 is 0. The summed E-state index contributed by atoms with van der Waals surface area (Å²) in [5.74, 6) is 0.592. The number of nitrogens with one attached hydrogen (secondary N) is 1. The van der Waals surface area contributed by atoms with Crippen molar-refractivity contribution in [2.24, 2.45) is 11.3 Å². The molecular weight excluding hydrogens is 336 g/mol. The molecule has 1 aromatic carbocycles. The van der Waals surface area contributed by atoms with Crippen LogP contribution in [0.4, 0.5) is 5.69 Å². The van der Waals surface area contributed by atoms with E-state index in [9.17, 15) is 14.7 Å². The lowest BCUT2D eigenvalue weighted by Gasteiger charge is -2.26. The molecule has 26 heavy (non-hydrogen) atoms. The number of aliphatic carboxylic acids is 1. The molecule has 1 unspecified atom stereocenters. The molecule has 0 radical (unpaired) electrons. The zero-order chi connectivity index (χ0) is 18.3. The highest BCUT2D eigenvalue weighted by Crippen LogP contribution is 2.49. The first-order chi connectivity index (χ1) is 12.5. The van der Waals surface area contributed by atoms with Crippen LogP contribution < -0.4 is 14.8 Å². The summed E-state index contributed by atoms with van der Waals surface area (Å²) in [4.78, 5) is 26.5. The molecule has 3 aliphatic rings. The van der Waals surface area contributed by atoms with Crippen molar-refractivity contribution in [3.8, 4) is 11.5 Å². The van der Waals surface area contributed by atoms with Gasteiger partial charge in [-0.25, -0.2) is 0 Å². The van der Waals surface area contributed by atoms with E-state index in [-0.39, 0.29) is 17.9 Å². The van der Waals surface area contributed by atoms with Gasteiger partial charge in [0.25, 0.3) is 0 Å². The number of carboxylic acids is 1. The molecular formula is C19H24N2O5. The summed E-state index contributed by atoms with van der Waals surface area (Å²) in [6, 6.07) is 4.95. The first kappa shape index (κ1) is 17.1. The highest BCUT2D eigenvalue weighted by molar-refractivity contribution is 5.95. The van der Waals surface area contributed by atoms with Crippen molar-refractivity contribution in [2.45, 2.75) is 32.2 Å². The molecule has 1 aromatic rings. The lowest BCUT2D eigenvalue weighted by Crippen LogP contribution is -2.43. The lowest BCUT2D eigenvalue weighted by atomic mass is 9.81. The van der Waals surface area contributed by atoms with Gasteiger partial charge in [-0.1, -0.05) is 6.42 Å². The van der Waals surface area contributed by atoms with Crippen LogP contribution in [0.25, 0.3) is 0 Å². The van der Waals surface area contributed by atoms with Gasteiger partial charge in [0, 0.05) is 24.8 Å². The van der Waals surface area contributed by atoms with E-state index >= 15 is 0 Å². The van der Waals surface area contributed by atoms with E-state index in [2.05, 4.69) is 5.32 Å². The molecule has 4 rings (SSSR count). The number of amides is 1. The van der Waals surface area contributed by atoms with Crippen LogP contribution in [-0.4, -0.2) is 54.2 Å². The molecule has 2 aliphatic heterocycles. The number of benzene rings is 1. The molecule has 1 amide bonds. The zero-order valence-corrected chi connectivity index (χ0v) is 14.9. The number of likely N-dealkylation sites (tertiary alicyclic amines) is 1. The molecule has 1 aliphatic carbocycles. The molecule has 2 fully saturated rings. The second kappa shape index (κ2) is 6.46. The second-order valence-corrected chi connectivity index (χ2v) is 7.50. The van der Waals surface area contributed by atoms with Crippen molar-refractivity contribution in [1.29, 1.82) is 0 Å². The number of carboxylic acid groups (broad SMARTS) is 1. The maximum atomic E-state index is 12.7. The van der Waals surface area contributed by atoms with Crippen molar-refractivity contribution in [3.05, 3.63) is 18.2 Å². The number of ether oxygens (including phenoxy) is 2. The molecule has 0 aromatic heterocycles. The zero-order valence-electron chi connectivity index (χ0n) is 14.9. The Bertz CT molecular complexity index is 737. The van der Waals surface area contributed by atoms with Crippen molar-refractivity contribution in [1.82, 2.24) is 4.90 Å². The fraction of sp³-hybridized carbons (Fsp3) is 0.579. The number of carbonyl (C=O) groups excluding carboxylic acids is 1. The van der Waals surface area contributed by atoms with Crippen molar-refractivity contribution >= 4 is 17.6 Å². The summed E-state index contributed by atoms with van der Waals surface area (Å²) in [6.45, 7) is 3.97. The maximum Gasteiger partial charge on any atom is 0.311 e. The quantitative estimate of drug-likeness (QED) is 0.854. The first-order valence-corrected chi connectivity index (χ1v) is 9.17. The van der Waals surface area contributed by atoms with Gasteiger partial charge in [0.05, 0.1) is 11.5 Å². The van der Waals surface area contributed by atoms with Gasteiger partial charge in [0.2, 0.25) is 5.91 Å². The van der Waals surface area contributed by atoms with Crippen molar-refractivity contribution in [2.75, 3.05) is 31.6 Å². The standard InChI is InChI=1S/C19H24N2O5/c1-12(21-10-13-3-2-6-19(13,11-21)18(23)24)17(22)20-14-4-5-15-16(9-14)26-8-7-25-15/h4-5,9,12-13H,2-3,6-8,10-11H2,1H3,(H,20,22)(H,23,24)/t12?,13-,19+/m0/s1. The predicted octanol–water partition coefficient (Wildman–Crippen LogP) is 1.97. The van der Waals surface area contributed by atoms with Crippen LogP contribution in [-0.2, 0) is 9.59 Å². The molecule has 1 saturated heterocycles. The van der Waals surface area contributed by atoms with Gasteiger partial charge in [-0.3, -0.25) is 14.5 Å². The number of hydrogen-bond donors (Lipinski definition) is 2. The molecule has 1 saturated carbocycles. The number of nitrogens with zero attached hydrogens (tertiary/aromatic N) is 1. The Morgan fingerprint density at radius 1 is 1.31 bits per heavy atom. The summed E-state index contributed by atoms with van der Waals surface area (Å²) in [5.41, 5.74) is -0.0237. The van der Waals surface area contributed by atoms with Crippen LogP contribution in [0.2, 0.25) is 0 Å². The van der Waals surface area contributed by atoms with Gasteiger partial charge in [0.1, 0.15) is 13.2 Å². The largest absolute Gasteiger partial charge is 0.486 e. The van der Waals surface area contributed by atoms with E-state index in [0.29, 0.717) is 49.9 Å². The van der Waals surface area contributed by atoms with E-state index in [1.165, 1.54) is 0 Å². The van der Waals surface area contributed by atoms with Gasteiger partial charge >= 0.3 is 5.97 Å². The number of carbonyl (C=O) groups is 2. The summed E-state index contributed by atoms with van der Waals surface area (Å²) < 4.78 is 11.0. The van der Waals surface area contributed by atoms with Crippen molar-refractivity contribution < 1.29 is 24.2 Å². The van der Waals surface area contributed by atoms with Gasteiger partial charge < -0.3 is 19.9 Å². The average molecular weight is 360 g/mol. The minimum absolute atomic E-state index is 0.137. The highest BCUT2D eigenvalue weighted by Gasteiger charge is 2.55. The minimum atomic E-state index is -0.720. The Balaban J connectivity index is 1.43. The molecule has 140 valence electrons. The minimum Gasteiger partial charge on any atom is -0.486 e. The fourth-order valence-corrected chi connectivity index (χ4v) is 4.51. The molecule has 7 nitrogen and oxygen atoms in total. The smallest absolute Gasteiger partial charge is 0.311 e. The number of hydrogen-bond acceptors (Lipinski definition) is 5. The summed E-state index contributed by atoms with van der Waals surface area (Å²) in [5, 5.41) is 12.6. The van der Waals surface area contributed by atoms with Crippen LogP contribution in [0.15, 0.2) is 18.2 Å². The number of rotatable bonds is 4. The molecule has 0 spiro atoms. The maximum absolute atomic E-state index is 12.7. The molecule has 3 atom stereocenters. The lowest BCUT2D eigenvalue weighted by molar-refractivity contribution is -0.149. The Hall–Kier alpha value is -2.28. The normalized spacial score (nSPS) is 28.4. The van der Waals surface area contributed by atoms with E-state index in [4.69, 9.17) is 9.47 Å². The van der Waals surface area contributed by atoms with Crippen LogP contribution in [0.5, 0.6) is 11.5 Å². The van der Waals surface area contributed by atoms with E-state index in [1.54, 1.807) is 18.2 Å². The molecule has 7 heteroatoms. The monoisotopic (exact) mass is 360 g/mol. The predicted molar refractivity (Wildman–Crippen MR) is 94.5 cm³/mol. The first-order valence-electron chi connectivity index (χ1n) is 9.17. The van der Waals surface area contributed by atoms with Gasteiger partial charge in [-0.15, -0.1) is 0 Å². The van der Waals surface area contributed by atoms with Gasteiger partial charge in [0.15, 0.2) is 11.5 Å². The third-order valence-electron chi connectivity index (χ3n) is 6.06. The Kier molecular flexibility index (Phi) is 4.26. The van der Waals surface area contributed by atoms with Gasteiger partial charge in [-0.05, 0) is 37.8 Å². The molecule has 2 heterocycles. The Morgan fingerprint density at radius 3 is 2.81 bits per heavy atom.